The zero-order valence-electron chi connectivity index (χ0n) is 18.1. The fraction of sp³-hybridized carbons (Fsp3) is 0.478. The molecule has 2 heterocycles. The van der Waals surface area contributed by atoms with Crippen molar-refractivity contribution in [3.05, 3.63) is 53.5 Å². The Bertz CT molecular complexity index is 832. The summed E-state index contributed by atoms with van der Waals surface area (Å²) in [6.07, 6.45) is 3.94. The van der Waals surface area contributed by atoms with Crippen LogP contribution in [0.15, 0.2) is 41.5 Å². The molecule has 30 heavy (non-hydrogen) atoms. The van der Waals surface area contributed by atoms with Crippen LogP contribution in [0.5, 0.6) is 5.75 Å². The minimum atomic E-state index is -0.348. The fourth-order valence-electron chi connectivity index (χ4n) is 3.50. The smallest absolute Gasteiger partial charge is 0.191 e. The number of ether oxygens (including phenoxy) is 1. The van der Waals surface area contributed by atoms with Gasteiger partial charge in [-0.05, 0) is 62.9 Å². The van der Waals surface area contributed by atoms with Crippen molar-refractivity contribution in [2.75, 3.05) is 31.1 Å². The summed E-state index contributed by atoms with van der Waals surface area (Å²) >= 11 is 0. The van der Waals surface area contributed by atoms with Crippen molar-refractivity contribution in [2.24, 2.45) is 4.99 Å². The molecule has 1 aromatic heterocycles. The highest BCUT2D eigenvalue weighted by molar-refractivity contribution is 5.80. The van der Waals surface area contributed by atoms with E-state index in [9.17, 15) is 4.39 Å². The van der Waals surface area contributed by atoms with Gasteiger partial charge < -0.3 is 20.3 Å². The second kappa shape index (κ2) is 10.8. The molecule has 2 N–H and O–H groups in total. The summed E-state index contributed by atoms with van der Waals surface area (Å²) in [4.78, 5) is 11.5. The third-order valence-corrected chi connectivity index (χ3v) is 5.12. The lowest BCUT2D eigenvalue weighted by molar-refractivity contribution is 0.321. The largest absolute Gasteiger partial charge is 0.491 e. The molecule has 0 unspecified atom stereocenters. The van der Waals surface area contributed by atoms with Gasteiger partial charge in [0.15, 0.2) is 17.5 Å². The molecule has 1 aromatic carbocycles. The number of aromatic nitrogens is 1. The number of hydrogen-bond acceptors (Lipinski definition) is 4. The van der Waals surface area contributed by atoms with E-state index in [0.717, 1.165) is 49.8 Å². The number of aryl methyl sites for hydroxylation is 1. The Morgan fingerprint density at radius 2 is 2.03 bits per heavy atom. The second-order valence-electron chi connectivity index (χ2n) is 7.49. The van der Waals surface area contributed by atoms with Crippen molar-refractivity contribution in [3.8, 4) is 5.75 Å². The number of anilines is 1. The van der Waals surface area contributed by atoms with E-state index in [1.54, 1.807) is 6.07 Å². The van der Waals surface area contributed by atoms with Crippen LogP contribution in [0.1, 0.15) is 37.8 Å². The molecule has 1 aliphatic heterocycles. The first-order valence-electron chi connectivity index (χ1n) is 10.7. The summed E-state index contributed by atoms with van der Waals surface area (Å²) in [6.45, 7) is 9.47. The zero-order chi connectivity index (χ0) is 21.3. The van der Waals surface area contributed by atoms with Crippen LogP contribution in [-0.2, 0) is 6.54 Å². The van der Waals surface area contributed by atoms with Gasteiger partial charge in [0.05, 0.1) is 13.2 Å². The molecule has 0 spiro atoms. The normalized spacial score (nSPS) is 15.2. The first-order chi connectivity index (χ1) is 14.6. The van der Waals surface area contributed by atoms with E-state index in [1.165, 1.54) is 11.6 Å². The van der Waals surface area contributed by atoms with Gasteiger partial charge in [0.25, 0.3) is 0 Å². The maximum absolute atomic E-state index is 14.1. The van der Waals surface area contributed by atoms with Gasteiger partial charge in [0, 0.05) is 31.9 Å². The third-order valence-electron chi connectivity index (χ3n) is 5.12. The van der Waals surface area contributed by atoms with Crippen molar-refractivity contribution in [3.63, 3.8) is 0 Å². The molecule has 162 valence electrons. The Balaban J connectivity index is 1.55. The number of benzene rings is 1. The van der Waals surface area contributed by atoms with Crippen LogP contribution in [0.25, 0.3) is 0 Å². The number of pyridine rings is 1. The Hall–Kier alpha value is -2.83. The van der Waals surface area contributed by atoms with E-state index in [1.807, 2.05) is 26.1 Å². The van der Waals surface area contributed by atoms with Gasteiger partial charge in [-0.25, -0.2) is 14.4 Å². The predicted octanol–water partition coefficient (Wildman–Crippen LogP) is 3.65. The SMILES string of the molecule is CCNC(=NCc1ccc(OCC)c(F)c1)NC1CCN(c2ccc(C)cn2)CC1. The molecule has 1 aliphatic rings. The average molecular weight is 414 g/mol. The highest BCUT2D eigenvalue weighted by Gasteiger charge is 2.20. The number of piperidine rings is 1. The first kappa shape index (κ1) is 21.9. The molecule has 0 aliphatic carbocycles. The minimum Gasteiger partial charge on any atom is -0.491 e. The standard InChI is InChI=1S/C23H32FN5O/c1-4-25-23(27-16-18-7-8-21(30-5-2)20(24)14-18)28-19-10-12-29(13-11-19)22-9-6-17(3)15-26-22/h6-9,14-15,19H,4-5,10-13,16H2,1-3H3,(H2,25,27,28). The maximum atomic E-state index is 14.1. The van der Waals surface area contributed by atoms with Crippen molar-refractivity contribution in [2.45, 2.75) is 46.2 Å². The van der Waals surface area contributed by atoms with Crippen LogP contribution < -0.4 is 20.3 Å². The zero-order valence-corrected chi connectivity index (χ0v) is 18.1. The highest BCUT2D eigenvalue weighted by Crippen LogP contribution is 2.19. The molecule has 7 heteroatoms. The molecule has 6 nitrogen and oxygen atoms in total. The van der Waals surface area contributed by atoms with E-state index in [2.05, 4.69) is 44.6 Å². The molecule has 0 radical (unpaired) electrons. The Kier molecular flexibility index (Phi) is 7.88. The van der Waals surface area contributed by atoms with Gasteiger partial charge in [-0.1, -0.05) is 12.1 Å². The fourth-order valence-corrected chi connectivity index (χ4v) is 3.50. The number of rotatable bonds is 7. The Morgan fingerprint density at radius 3 is 2.67 bits per heavy atom. The Labute approximate surface area is 178 Å². The lowest BCUT2D eigenvalue weighted by Gasteiger charge is -2.33. The van der Waals surface area contributed by atoms with Crippen molar-refractivity contribution < 1.29 is 9.13 Å². The number of hydrogen-bond donors (Lipinski definition) is 2. The number of nitrogens with one attached hydrogen (secondary N) is 2. The van der Waals surface area contributed by atoms with Gasteiger partial charge in [-0.2, -0.15) is 0 Å². The van der Waals surface area contributed by atoms with Gasteiger partial charge in [0.1, 0.15) is 5.82 Å². The van der Waals surface area contributed by atoms with Crippen molar-refractivity contribution in [1.29, 1.82) is 0 Å². The van der Waals surface area contributed by atoms with E-state index in [-0.39, 0.29) is 11.6 Å². The van der Waals surface area contributed by atoms with Crippen molar-refractivity contribution >= 4 is 11.8 Å². The van der Waals surface area contributed by atoms with Crippen molar-refractivity contribution in [1.82, 2.24) is 15.6 Å². The third kappa shape index (κ3) is 6.08. The summed E-state index contributed by atoms with van der Waals surface area (Å²) in [5.74, 6) is 1.74. The van der Waals surface area contributed by atoms with E-state index < -0.39 is 0 Å². The Morgan fingerprint density at radius 1 is 1.23 bits per heavy atom. The molecule has 0 saturated carbocycles. The number of nitrogens with zero attached hydrogens (tertiary/aromatic N) is 3. The minimum absolute atomic E-state index is 0.282. The van der Waals surface area contributed by atoms with Gasteiger partial charge >= 0.3 is 0 Å². The summed E-state index contributed by atoms with van der Waals surface area (Å²) in [7, 11) is 0. The van der Waals surface area contributed by atoms with E-state index in [4.69, 9.17) is 4.74 Å². The molecule has 1 saturated heterocycles. The monoisotopic (exact) mass is 413 g/mol. The highest BCUT2D eigenvalue weighted by atomic mass is 19.1. The number of guanidine groups is 1. The number of aliphatic imine (C=N–C) groups is 1. The van der Waals surface area contributed by atoms with Crippen LogP contribution >= 0.6 is 0 Å². The summed E-state index contributed by atoms with van der Waals surface area (Å²) in [5, 5.41) is 6.82. The van der Waals surface area contributed by atoms with Crippen LogP contribution in [0.3, 0.4) is 0 Å². The molecular weight excluding hydrogens is 381 g/mol. The van der Waals surface area contributed by atoms with Gasteiger partial charge in [-0.15, -0.1) is 0 Å². The molecule has 1 fully saturated rings. The van der Waals surface area contributed by atoms with Crippen LogP contribution in [-0.4, -0.2) is 43.2 Å². The van der Waals surface area contributed by atoms with E-state index in [0.29, 0.717) is 19.2 Å². The molecule has 2 aromatic rings. The molecule has 3 rings (SSSR count). The molecule has 0 amide bonds. The second-order valence-corrected chi connectivity index (χ2v) is 7.49. The quantitative estimate of drug-likeness (QED) is 0.536. The van der Waals surface area contributed by atoms with Crippen LogP contribution in [0.2, 0.25) is 0 Å². The van der Waals surface area contributed by atoms with Crippen LogP contribution in [0, 0.1) is 12.7 Å². The maximum Gasteiger partial charge on any atom is 0.191 e. The first-order valence-corrected chi connectivity index (χ1v) is 10.7. The molecule has 0 atom stereocenters. The molecule has 0 bridgehead atoms. The summed E-state index contributed by atoms with van der Waals surface area (Å²) < 4.78 is 19.3. The van der Waals surface area contributed by atoms with Crippen LogP contribution in [0.4, 0.5) is 10.2 Å². The predicted molar refractivity (Wildman–Crippen MR) is 120 cm³/mol. The topological polar surface area (TPSA) is 61.8 Å². The lowest BCUT2D eigenvalue weighted by Crippen LogP contribution is -2.48. The summed E-state index contributed by atoms with van der Waals surface area (Å²) in [6, 6.07) is 9.55. The molecular formula is C23H32FN5O. The van der Waals surface area contributed by atoms with E-state index >= 15 is 0 Å². The van der Waals surface area contributed by atoms with Gasteiger partial charge in [-0.3, -0.25) is 0 Å². The lowest BCUT2D eigenvalue weighted by atomic mass is 10.1. The van der Waals surface area contributed by atoms with Gasteiger partial charge in [0.2, 0.25) is 0 Å². The average Bonchev–Trinajstić information content (AvgIpc) is 2.75. The number of halogens is 1. The summed E-state index contributed by atoms with van der Waals surface area (Å²) in [5.41, 5.74) is 1.99.